The van der Waals surface area contributed by atoms with Crippen LogP contribution < -0.4 is 10.6 Å². The van der Waals surface area contributed by atoms with Crippen molar-refractivity contribution in [3.63, 3.8) is 0 Å². The van der Waals surface area contributed by atoms with E-state index in [1.807, 2.05) is 61.5 Å². The number of hydrogen-bond donors (Lipinski definition) is 2. The first kappa shape index (κ1) is 18.3. The highest BCUT2D eigenvalue weighted by Crippen LogP contribution is 2.28. The molecule has 26 heavy (non-hydrogen) atoms. The van der Waals surface area contributed by atoms with Crippen molar-refractivity contribution in [1.82, 2.24) is 0 Å². The summed E-state index contributed by atoms with van der Waals surface area (Å²) in [5, 5.41) is 7.10. The van der Waals surface area contributed by atoms with Gasteiger partial charge in [-0.2, -0.15) is 0 Å². The van der Waals surface area contributed by atoms with Crippen molar-refractivity contribution < 1.29 is 4.79 Å². The SMILES string of the molecule is Cc1ccc(NC(=O)[C@@H](Nc2ccc(Cl)c(Cl)c2)c2ccccc2)cc1. The highest BCUT2D eigenvalue weighted by molar-refractivity contribution is 6.42. The minimum absolute atomic E-state index is 0.161. The molecule has 1 amide bonds. The molecule has 2 N–H and O–H groups in total. The van der Waals surface area contributed by atoms with Crippen LogP contribution >= 0.6 is 23.2 Å². The molecule has 3 aromatic carbocycles. The van der Waals surface area contributed by atoms with Gasteiger partial charge in [-0.1, -0.05) is 71.2 Å². The van der Waals surface area contributed by atoms with Crippen LogP contribution in [0.1, 0.15) is 17.2 Å². The average Bonchev–Trinajstić information content (AvgIpc) is 2.65. The molecule has 3 rings (SSSR count). The molecule has 0 aliphatic heterocycles. The lowest BCUT2D eigenvalue weighted by Crippen LogP contribution is -2.27. The number of nitrogens with one attached hydrogen (secondary N) is 2. The molecule has 0 aromatic heterocycles. The minimum Gasteiger partial charge on any atom is -0.370 e. The van der Waals surface area contributed by atoms with E-state index in [1.165, 1.54) is 0 Å². The molecular formula is C21H18Cl2N2O. The van der Waals surface area contributed by atoms with Crippen molar-refractivity contribution in [2.24, 2.45) is 0 Å². The molecule has 0 fully saturated rings. The first-order valence-corrected chi connectivity index (χ1v) is 8.92. The predicted octanol–water partition coefficient (Wildman–Crippen LogP) is 6.09. The van der Waals surface area contributed by atoms with Crippen molar-refractivity contribution in [2.45, 2.75) is 13.0 Å². The van der Waals surface area contributed by atoms with Gasteiger partial charge in [-0.25, -0.2) is 0 Å². The van der Waals surface area contributed by atoms with Crippen LogP contribution in [0.25, 0.3) is 0 Å². The van der Waals surface area contributed by atoms with E-state index in [4.69, 9.17) is 23.2 Å². The molecular weight excluding hydrogens is 367 g/mol. The van der Waals surface area contributed by atoms with Gasteiger partial charge < -0.3 is 10.6 Å². The van der Waals surface area contributed by atoms with Gasteiger partial charge in [0.25, 0.3) is 5.91 Å². The van der Waals surface area contributed by atoms with Crippen LogP contribution in [0.15, 0.2) is 72.8 Å². The van der Waals surface area contributed by atoms with E-state index in [0.717, 1.165) is 16.8 Å². The Morgan fingerprint density at radius 3 is 2.15 bits per heavy atom. The van der Waals surface area contributed by atoms with Gasteiger partial charge in [0, 0.05) is 11.4 Å². The Morgan fingerprint density at radius 1 is 0.846 bits per heavy atom. The summed E-state index contributed by atoms with van der Waals surface area (Å²) < 4.78 is 0. The molecule has 0 saturated heterocycles. The van der Waals surface area contributed by atoms with Gasteiger partial charge in [0.1, 0.15) is 6.04 Å². The fraction of sp³-hybridized carbons (Fsp3) is 0.0952. The van der Waals surface area contributed by atoms with E-state index >= 15 is 0 Å². The molecule has 0 heterocycles. The Kier molecular flexibility index (Phi) is 5.82. The predicted molar refractivity (Wildman–Crippen MR) is 109 cm³/mol. The summed E-state index contributed by atoms with van der Waals surface area (Å²) in [5.74, 6) is -0.161. The second kappa shape index (κ2) is 8.26. The highest BCUT2D eigenvalue weighted by atomic mass is 35.5. The monoisotopic (exact) mass is 384 g/mol. The van der Waals surface area contributed by atoms with Crippen LogP contribution in [0.4, 0.5) is 11.4 Å². The van der Waals surface area contributed by atoms with Gasteiger partial charge in [-0.3, -0.25) is 4.79 Å². The Balaban J connectivity index is 1.86. The molecule has 0 spiro atoms. The van der Waals surface area contributed by atoms with Gasteiger partial charge in [0.15, 0.2) is 0 Å². The van der Waals surface area contributed by atoms with Crippen molar-refractivity contribution in [3.8, 4) is 0 Å². The summed E-state index contributed by atoms with van der Waals surface area (Å²) in [6.45, 7) is 2.00. The van der Waals surface area contributed by atoms with Crippen LogP contribution in [-0.2, 0) is 4.79 Å². The van der Waals surface area contributed by atoms with E-state index in [2.05, 4.69) is 10.6 Å². The fourth-order valence-electron chi connectivity index (χ4n) is 2.55. The van der Waals surface area contributed by atoms with Crippen LogP contribution in [0.2, 0.25) is 10.0 Å². The number of rotatable bonds is 5. The Hall–Kier alpha value is -2.49. The largest absolute Gasteiger partial charge is 0.370 e. The first-order valence-electron chi connectivity index (χ1n) is 8.17. The summed E-state index contributed by atoms with van der Waals surface area (Å²) in [4.78, 5) is 12.9. The van der Waals surface area contributed by atoms with Crippen molar-refractivity contribution in [1.29, 1.82) is 0 Å². The Bertz CT molecular complexity index is 896. The van der Waals surface area contributed by atoms with E-state index in [1.54, 1.807) is 18.2 Å². The summed E-state index contributed by atoms with van der Waals surface area (Å²) >= 11 is 12.1. The fourth-order valence-corrected chi connectivity index (χ4v) is 2.85. The summed E-state index contributed by atoms with van der Waals surface area (Å²) in [7, 11) is 0. The molecule has 0 unspecified atom stereocenters. The number of anilines is 2. The van der Waals surface area contributed by atoms with Crippen LogP contribution in [0, 0.1) is 6.92 Å². The molecule has 3 nitrogen and oxygen atoms in total. The average molecular weight is 385 g/mol. The summed E-state index contributed by atoms with van der Waals surface area (Å²) in [5.41, 5.74) is 3.45. The zero-order valence-corrected chi connectivity index (χ0v) is 15.7. The number of aryl methyl sites for hydroxylation is 1. The van der Waals surface area contributed by atoms with E-state index in [0.29, 0.717) is 15.7 Å². The topological polar surface area (TPSA) is 41.1 Å². The number of amides is 1. The number of carbonyl (C=O) groups is 1. The molecule has 0 bridgehead atoms. The molecule has 0 aliphatic rings. The number of benzene rings is 3. The van der Waals surface area contributed by atoms with Gasteiger partial charge in [-0.15, -0.1) is 0 Å². The second-order valence-electron chi connectivity index (χ2n) is 5.97. The lowest BCUT2D eigenvalue weighted by atomic mass is 10.1. The standard InChI is InChI=1S/C21H18Cl2N2O/c1-14-7-9-16(10-8-14)25-21(26)20(15-5-3-2-4-6-15)24-17-11-12-18(22)19(23)13-17/h2-13,20,24H,1H3,(H,25,26)/t20-/m0/s1. The maximum absolute atomic E-state index is 12.9. The number of carbonyl (C=O) groups excluding carboxylic acids is 1. The molecule has 3 aromatic rings. The normalized spacial score (nSPS) is 11.7. The molecule has 0 radical (unpaired) electrons. The van der Waals surface area contributed by atoms with Gasteiger partial charge in [-0.05, 0) is 42.8 Å². The maximum Gasteiger partial charge on any atom is 0.251 e. The third kappa shape index (κ3) is 4.57. The van der Waals surface area contributed by atoms with Gasteiger partial charge in [0.05, 0.1) is 10.0 Å². The molecule has 5 heteroatoms. The van der Waals surface area contributed by atoms with Gasteiger partial charge in [0.2, 0.25) is 0 Å². The third-order valence-corrected chi connectivity index (χ3v) is 4.68. The molecule has 0 saturated carbocycles. The quantitative estimate of drug-likeness (QED) is 0.558. The smallest absolute Gasteiger partial charge is 0.251 e. The Labute approximate surface area is 163 Å². The van der Waals surface area contributed by atoms with Crippen LogP contribution in [0.5, 0.6) is 0 Å². The molecule has 0 aliphatic carbocycles. The van der Waals surface area contributed by atoms with E-state index in [-0.39, 0.29) is 5.91 Å². The second-order valence-corrected chi connectivity index (χ2v) is 6.79. The highest BCUT2D eigenvalue weighted by Gasteiger charge is 2.21. The van der Waals surface area contributed by atoms with E-state index < -0.39 is 6.04 Å². The third-order valence-electron chi connectivity index (χ3n) is 3.94. The lowest BCUT2D eigenvalue weighted by molar-refractivity contribution is -0.117. The van der Waals surface area contributed by atoms with Crippen LogP contribution in [0.3, 0.4) is 0 Å². The van der Waals surface area contributed by atoms with Crippen LogP contribution in [-0.4, -0.2) is 5.91 Å². The maximum atomic E-state index is 12.9. The van der Waals surface area contributed by atoms with Crippen molar-refractivity contribution in [2.75, 3.05) is 10.6 Å². The first-order chi connectivity index (χ1) is 12.5. The number of halogens is 2. The molecule has 132 valence electrons. The lowest BCUT2D eigenvalue weighted by Gasteiger charge is -2.20. The number of hydrogen-bond acceptors (Lipinski definition) is 2. The minimum atomic E-state index is -0.574. The zero-order valence-electron chi connectivity index (χ0n) is 14.2. The van der Waals surface area contributed by atoms with Gasteiger partial charge >= 0.3 is 0 Å². The van der Waals surface area contributed by atoms with Crippen molar-refractivity contribution in [3.05, 3.63) is 94.0 Å². The summed E-state index contributed by atoms with van der Waals surface area (Å²) in [6.07, 6.45) is 0. The zero-order chi connectivity index (χ0) is 18.5. The Morgan fingerprint density at radius 2 is 1.50 bits per heavy atom. The molecule has 1 atom stereocenters. The summed E-state index contributed by atoms with van der Waals surface area (Å²) in [6, 6.07) is 21.8. The van der Waals surface area contributed by atoms with E-state index in [9.17, 15) is 4.79 Å². The van der Waals surface area contributed by atoms with Crippen molar-refractivity contribution >= 4 is 40.5 Å².